The second-order valence-electron chi connectivity index (χ2n) is 7.72. The zero-order valence-electron chi connectivity index (χ0n) is 18.7. The molecule has 0 aliphatic heterocycles. The number of carbonyl (C=O) groups excluding carboxylic acids is 1. The van der Waals surface area contributed by atoms with Crippen LogP contribution in [0.4, 0.5) is 0 Å². The van der Waals surface area contributed by atoms with Crippen LogP contribution in [0.1, 0.15) is 117 Å². The molecule has 0 aromatic carbocycles. The molecule has 0 N–H and O–H groups in total. The molecule has 1 unspecified atom stereocenters. The van der Waals surface area contributed by atoms with E-state index in [2.05, 4.69) is 43.7 Å². The van der Waals surface area contributed by atoms with Crippen molar-refractivity contribution in [1.82, 2.24) is 0 Å². The Balaban J connectivity index is 4.11. The first-order valence-corrected chi connectivity index (χ1v) is 11.6. The highest BCUT2D eigenvalue weighted by molar-refractivity contribution is 5.68. The largest absolute Gasteiger partial charge is 0.469 e. The summed E-state index contributed by atoms with van der Waals surface area (Å²) in [6, 6.07) is 0. The molecule has 0 fully saturated rings. The molecule has 0 rings (SSSR count). The molecule has 0 radical (unpaired) electrons. The molecule has 0 saturated carbocycles. The van der Waals surface area contributed by atoms with Crippen LogP contribution in [-0.2, 0) is 9.53 Å². The van der Waals surface area contributed by atoms with Crippen LogP contribution >= 0.6 is 0 Å². The van der Waals surface area contributed by atoms with Gasteiger partial charge in [-0.3, -0.25) is 4.79 Å². The topological polar surface area (TPSA) is 26.3 Å². The third-order valence-corrected chi connectivity index (χ3v) is 5.38. The molecule has 27 heavy (non-hydrogen) atoms. The Morgan fingerprint density at radius 3 is 2.04 bits per heavy atom. The average molecular weight is 379 g/mol. The van der Waals surface area contributed by atoms with Gasteiger partial charge in [0.2, 0.25) is 0 Å². The minimum atomic E-state index is -0.0749. The van der Waals surface area contributed by atoms with Gasteiger partial charge < -0.3 is 4.74 Å². The Kier molecular flexibility index (Phi) is 18.9. The number of rotatable bonds is 18. The summed E-state index contributed by atoms with van der Waals surface area (Å²) in [7, 11) is 1.47. The number of allylic oxidation sites excluding steroid dienone is 4. The predicted molar refractivity (Wildman–Crippen MR) is 119 cm³/mol. The maximum Gasteiger partial charge on any atom is 0.305 e. The van der Waals surface area contributed by atoms with Gasteiger partial charge in [-0.05, 0) is 51.4 Å². The second kappa shape index (κ2) is 19.7. The summed E-state index contributed by atoms with van der Waals surface area (Å²) in [5, 5.41) is 0. The fraction of sp³-hybridized carbons (Fsp3) is 0.800. The molecule has 0 aromatic rings. The fourth-order valence-corrected chi connectivity index (χ4v) is 3.64. The molecular formula is C25H46O2. The van der Waals surface area contributed by atoms with Gasteiger partial charge in [-0.15, -0.1) is 0 Å². The second-order valence-corrected chi connectivity index (χ2v) is 7.72. The quantitative estimate of drug-likeness (QED) is 0.136. The van der Waals surface area contributed by atoms with Gasteiger partial charge in [0.15, 0.2) is 0 Å². The predicted octanol–water partition coefficient (Wildman–Crippen LogP) is 8.17. The van der Waals surface area contributed by atoms with E-state index in [0.29, 0.717) is 12.3 Å². The number of carbonyl (C=O) groups is 1. The van der Waals surface area contributed by atoms with E-state index in [1.165, 1.54) is 84.2 Å². The summed E-state index contributed by atoms with van der Waals surface area (Å²) >= 11 is 0. The van der Waals surface area contributed by atoms with Crippen molar-refractivity contribution in [3.8, 4) is 0 Å². The molecule has 0 spiro atoms. The van der Waals surface area contributed by atoms with Gasteiger partial charge in [0.05, 0.1) is 7.11 Å². The number of ether oxygens (including phenoxy) is 1. The van der Waals surface area contributed by atoms with E-state index in [1.54, 1.807) is 5.57 Å². The minimum Gasteiger partial charge on any atom is -0.469 e. The average Bonchev–Trinajstić information content (AvgIpc) is 2.69. The molecule has 0 amide bonds. The normalized spacial score (nSPS) is 13.3. The molecule has 0 heterocycles. The molecule has 0 aliphatic carbocycles. The zero-order chi connectivity index (χ0) is 20.2. The summed E-state index contributed by atoms with van der Waals surface area (Å²) < 4.78 is 4.68. The molecule has 0 saturated heterocycles. The van der Waals surface area contributed by atoms with Crippen molar-refractivity contribution < 1.29 is 9.53 Å². The maximum absolute atomic E-state index is 11.1. The zero-order valence-corrected chi connectivity index (χ0v) is 18.7. The van der Waals surface area contributed by atoms with Gasteiger partial charge in [0.1, 0.15) is 0 Å². The molecule has 158 valence electrons. The van der Waals surface area contributed by atoms with Crippen LogP contribution in [0.3, 0.4) is 0 Å². The fourth-order valence-electron chi connectivity index (χ4n) is 3.64. The molecule has 0 aliphatic rings. The van der Waals surface area contributed by atoms with Gasteiger partial charge in [-0.25, -0.2) is 0 Å². The molecule has 2 nitrogen and oxygen atoms in total. The highest BCUT2D eigenvalue weighted by Crippen LogP contribution is 2.24. The van der Waals surface area contributed by atoms with E-state index in [0.717, 1.165) is 12.8 Å². The van der Waals surface area contributed by atoms with Crippen LogP contribution in [0.15, 0.2) is 23.8 Å². The third kappa shape index (κ3) is 15.7. The highest BCUT2D eigenvalue weighted by Gasteiger charge is 2.08. The van der Waals surface area contributed by atoms with Crippen molar-refractivity contribution in [2.24, 2.45) is 5.92 Å². The van der Waals surface area contributed by atoms with Crippen LogP contribution in [0.5, 0.6) is 0 Å². The minimum absolute atomic E-state index is 0.0749. The van der Waals surface area contributed by atoms with Crippen LogP contribution in [0.2, 0.25) is 0 Å². The smallest absolute Gasteiger partial charge is 0.305 e. The standard InChI is InChI=1S/C25H46O2/c1-5-8-9-10-13-16-20-24(23(7-3)19-6-2)21-17-14-11-12-15-18-22-25(26)27-4/h6,19-20,23H,5,7-18,21-22H2,1-4H3/b19-6+,24-20+. The Bertz CT molecular complexity index is 395. The highest BCUT2D eigenvalue weighted by atomic mass is 16.5. The SMILES string of the molecule is C/C=C/C(CC)/C(=C/CCCCCCC)CCCCCCCCC(=O)OC. The van der Waals surface area contributed by atoms with Crippen LogP contribution in [0, 0.1) is 5.92 Å². The maximum atomic E-state index is 11.1. The van der Waals surface area contributed by atoms with Gasteiger partial charge in [0.25, 0.3) is 0 Å². The van der Waals surface area contributed by atoms with Crippen molar-refractivity contribution in [3.05, 3.63) is 23.8 Å². The molecular weight excluding hydrogens is 332 g/mol. The Labute approximate surface area is 169 Å². The first-order chi connectivity index (χ1) is 13.2. The van der Waals surface area contributed by atoms with Crippen LogP contribution in [-0.4, -0.2) is 13.1 Å². The molecule has 0 aromatic heterocycles. The number of methoxy groups -OCH3 is 1. The Hall–Kier alpha value is -1.05. The molecule has 0 bridgehead atoms. The monoisotopic (exact) mass is 378 g/mol. The van der Waals surface area contributed by atoms with E-state index in [9.17, 15) is 4.79 Å². The molecule has 2 heteroatoms. The third-order valence-electron chi connectivity index (χ3n) is 5.38. The van der Waals surface area contributed by atoms with E-state index in [4.69, 9.17) is 0 Å². The number of unbranched alkanes of at least 4 members (excludes halogenated alkanes) is 10. The van der Waals surface area contributed by atoms with Gasteiger partial charge in [-0.2, -0.15) is 0 Å². The summed E-state index contributed by atoms with van der Waals surface area (Å²) in [5.41, 5.74) is 1.66. The number of esters is 1. The molecule has 1 atom stereocenters. The summed E-state index contributed by atoms with van der Waals surface area (Å²) in [4.78, 5) is 11.1. The summed E-state index contributed by atoms with van der Waals surface area (Å²) in [6.07, 6.45) is 25.5. The van der Waals surface area contributed by atoms with Crippen LogP contribution < -0.4 is 0 Å². The Morgan fingerprint density at radius 1 is 0.852 bits per heavy atom. The van der Waals surface area contributed by atoms with Gasteiger partial charge in [0, 0.05) is 6.42 Å². The van der Waals surface area contributed by atoms with E-state index >= 15 is 0 Å². The lowest BCUT2D eigenvalue weighted by atomic mass is 9.90. The summed E-state index contributed by atoms with van der Waals surface area (Å²) in [6.45, 7) is 6.72. The number of hydrogen-bond acceptors (Lipinski definition) is 2. The first kappa shape index (κ1) is 26.0. The van der Waals surface area contributed by atoms with E-state index in [-0.39, 0.29) is 5.97 Å². The lowest BCUT2D eigenvalue weighted by Gasteiger charge is -2.16. The van der Waals surface area contributed by atoms with Crippen molar-refractivity contribution >= 4 is 5.97 Å². The Morgan fingerprint density at radius 2 is 1.44 bits per heavy atom. The van der Waals surface area contributed by atoms with Crippen molar-refractivity contribution in [2.45, 2.75) is 117 Å². The van der Waals surface area contributed by atoms with Crippen molar-refractivity contribution in [3.63, 3.8) is 0 Å². The first-order valence-electron chi connectivity index (χ1n) is 11.6. The van der Waals surface area contributed by atoms with E-state index in [1.807, 2.05) is 0 Å². The number of hydrogen-bond donors (Lipinski definition) is 0. The van der Waals surface area contributed by atoms with E-state index < -0.39 is 0 Å². The van der Waals surface area contributed by atoms with Crippen molar-refractivity contribution in [2.75, 3.05) is 7.11 Å². The lowest BCUT2D eigenvalue weighted by molar-refractivity contribution is -0.140. The van der Waals surface area contributed by atoms with Crippen LogP contribution in [0.25, 0.3) is 0 Å². The van der Waals surface area contributed by atoms with Gasteiger partial charge in [-0.1, -0.05) is 89.0 Å². The van der Waals surface area contributed by atoms with Crippen molar-refractivity contribution in [1.29, 1.82) is 0 Å². The summed E-state index contributed by atoms with van der Waals surface area (Å²) in [5.74, 6) is 0.555. The lowest BCUT2D eigenvalue weighted by Crippen LogP contribution is -2.01. The van der Waals surface area contributed by atoms with Gasteiger partial charge >= 0.3 is 5.97 Å².